The van der Waals surface area contributed by atoms with Gasteiger partial charge in [0.05, 0.1) is 23.5 Å². The maximum Gasteiger partial charge on any atom is 0.416 e. The number of carbonyl (C=O) groups is 2. The Morgan fingerprint density at radius 2 is 1.83 bits per heavy atom. The normalized spacial score (nSPS) is 15.1. The molecular formula is C25H18F4N4O2. The number of hydrogen-bond acceptors (Lipinski definition) is 3. The smallest absolute Gasteiger partial charge is 0.345 e. The zero-order valence-corrected chi connectivity index (χ0v) is 18.1. The lowest BCUT2D eigenvalue weighted by molar-refractivity contribution is -0.137. The molecular weight excluding hydrogens is 464 g/mol. The van der Waals surface area contributed by atoms with Gasteiger partial charge in [0.1, 0.15) is 17.2 Å². The molecule has 0 aliphatic heterocycles. The van der Waals surface area contributed by atoms with Crippen LogP contribution in [-0.2, 0) is 12.6 Å². The average Bonchev–Trinajstić information content (AvgIpc) is 3.44. The third kappa shape index (κ3) is 4.34. The maximum absolute atomic E-state index is 14.4. The molecule has 35 heavy (non-hydrogen) atoms. The predicted molar refractivity (Wildman–Crippen MR) is 120 cm³/mol. The van der Waals surface area contributed by atoms with E-state index < -0.39 is 29.4 Å². The van der Waals surface area contributed by atoms with Gasteiger partial charge in [-0.2, -0.15) is 13.2 Å². The van der Waals surface area contributed by atoms with Crippen LogP contribution in [0.3, 0.4) is 0 Å². The van der Waals surface area contributed by atoms with Crippen LogP contribution in [0, 0.1) is 5.82 Å². The van der Waals surface area contributed by atoms with Gasteiger partial charge in [-0.25, -0.2) is 9.37 Å². The molecule has 2 amide bonds. The van der Waals surface area contributed by atoms with Gasteiger partial charge in [0, 0.05) is 11.8 Å². The molecule has 0 spiro atoms. The van der Waals surface area contributed by atoms with E-state index in [0.717, 1.165) is 53.4 Å². The molecule has 0 bridgehead atoms. The number of pyridine rings is 1. The van der Waals surface area contributed by atoms with Crippen LogP contribution in [0.15, 0.2) is 67.0 Å². The number of aromatic nitrogens is 2. The minimum absolute atomic E-state index is 0.0876. The molecule has 2 N–H and O–H groups in total. The number of nitrogens with zero attached hydrogens (tertiary/aromatic N) is 2. The van der Waals surface area contributed by atoms with Gasteiger partial charge in [0.25, 0.3) is 11.8 Å². The molecule has 6 nitrogen and oxygen atoms in total. The Labute approximate surface area is 196 Å². The summed E-state index contributed by atoms with van der Waals surface area (Å²) in [6.45, 7) is 0. The summed E-state index contributed by atoms with van der Waals surface area (Å²) in [4.78, 5) is 29.4. The van der Waals surface area contributed by atoms with Crippen LogP contribution in [0.4, 0.5) is 23.2 Å². The summed E-state index contributed by atoms with van der Waals surface area (Å²) >= 11 is 0. The van der Waals surface area contributed by atoms with Crippen LogP contribution < -0.4 is 10.6 Å². The van der Waals surface area contributed by atoms with E-state index in [1.807, 2.05) is 24.3 Å². The Hall–Kier alpha value is -4.21. The number of halogens is 4. The summed E-state index contributed by atoms with van der Waals surface area (Å²) in [7, 11) is 0. The Bertz CT molecular complexity index is 1460. The topological polar surface area (TPSA) is 75.5 Å². The molecule has 1 aliphatic rings. The minimum atomic E-state index is -4.55. The molecule has 4 aromatic rings. The zero-order chi connectivity index (χ0) is 24.7. The Balaban J connectivity index is 1.35. The van der Waals surface area contributed by atoms with Gasteiger partial charge in [0.15, 0.2) is 0 Å². The number of carbonyl (C=O) groups excluding carboxylic acids is 2. The van der Waals surface area contributed by atoms with E-state index in [1.165, 1.54) is 17.7 Å². The van der Waals surface area contributed by atoms with Crippen LogP contribution >= 0.6 is 0 Å². The summed E-state index contributed by atoms with van der Waals surface area (Å²) in [6.07, 6.45) is -0.798. The Kier molecular flexibility index (Phi) is 5.50. The third-order valence-electron chi connectivity index (χ3n) is 5.99. The second-order valence-corrected chi connectivity index (χ2v) is 8.20. The second kappa shape index (κ2) is 8.53. The molecule has 1 aliphatic carbocycles. The molecule has 2 aromatic carbocycles. The molecule has 2 heterocycles. The van der Waals surface area contributed by atoms with E-state index in [4.69, 9.17) is 0 Å². The third-order valence-corrected chi connectivity index (χ3v) is 5.99. The number of benzene rings is 2. The van der Waals surface area contributed by atoms with E-state index in [9.17, 15) is 27.2 Å². The van der Waals surface area contributed by atoms with Crippen LogP contribution in [0.1, 0.15) is 50.0 Å². The minimum Gasteiger partial charge on any atom is -0.345 e. The molecule has 0 saturated carbocycles. The molecule has 0 radical (unpaired) electrons. The van der Waals surface area contributed by atoms with Crippen molar-refractivity contribution >= 4 is 23.1 Å². The van der Waals surface area contributed by atoms with Crippen LogP contribution in [-0.4, -0.2) is 21.2 Å². The van der Waals surface area contributed by atoms with Crippen LogP contribution in [0.25, 0.3) is 5.65 Å². The van der Waals surface area contributed by atoms with Gasteiger partial charge < -0.3 is 10.6 Å². The standard InChI is InChI=1S/C25H18F4N4O2/c26-18-7-5-15(23(34)31-19-8-6-14-3-1-2-4-17(14)19)11-20(18)32-24(35)21-13-30-22-12-16(25(27,28)29)9-10-33(21)22/h1-5,7,9-13,19H,6,8H2,(H,31,34)(H,32,35). The summed E-state index contributed by atoms with van der Waals surface area (Å²) in [5, 5.41) is 5.32. The van der Waals surface area contributed by atoms with Crippen molar-refractivity contribution in [1.82, 2.24) is 14.7 Å². The highest BCUT2D eigenvalue weighted by atomic mass is 19.4. The SMILES string of the molecule is O=C(NC1CCc2ccccc21)c1ccc(F)c(NC(=O)c2cnc3cc(C(F)(F)F)ccn23)c1. The number of alkyl halides is 3. The molecule has 0 saturated heterocycles. The summed E-state index contributed by atoms with van der Waals surface area (Å²) in [6, 6.07) is 12.9. The fourth-order valence-corrected chi connectivity index (χ4v) is 4.22. The van der Waals surface area contributed by atoms with Crippen molar-refractivity contribution < 1.29 is 27.2 Å². The number of hydrogen-bond donors (Lipinski definition) is 2. The van der Waals surface area contributed by atoms with Gasteiger partial charge in [-0.1, -0.05) is 24.3 Å². The number of rotatable bonds is 4. The zero-order valence-electron chi connectivity index (χ0n) is 18.1. The predicted octanol–water partition coefficient (Wildman–Crippen LogP) is 5.16. The average molecular weight is 482 g/mol. The number of nitrogens with one attached hydrogen (secondary N) is 2. The number of aryl methyl sites for hydroxylation is 1. The maximum atomic E-state index is 14.4. The monoisotopic (exact) mass is 482 g/mol. The van der Waals surface area contributed by atoms with E-state index >= 15 is 0 Å². The Morgan fingerprint density at radius 3 is 2.63 bits per heavy atom. The first-order valence-corrected chi connectivity index (χ1v) is 10.7. The van der Waals surface area contributed by atoms with Gasteiger partial charge in [-0.15, -0.1) is 0 Å². The highest BCUT2D eigenvalue weighted by molar-refractivity contribution is 6.04. The summed E-state index contributed by atoms with van der Waals surface area (Å²) in [5.74, 6) is -1.98. The van der Waals surface area contributed by atoms with Gasteiger partial charge in [0.2, 0.25) is 0 Å². The molecule has 1 unspecified atom stereocenters. The lowest BCUT2D eigenvalue weighted by atomic mass is 10.1. The highest BCUT2D eigenvalue weighted by Gasteiger charge is 2.31. The van der Waals surface area contributed by atoms with Crippen LogP contribution in [0.5, 0.6) is 0 Å². The van der Waals surface area contributed by atoms with E-state index in [2.05, 4.69) is 15.6 Å². The van der Waals surface area contributed by atoms with Crippen LogP contribution in [0.2, 0.25) is 0 Å². The van der Waals surface area contributed by atoms with Crippen molar-refractivity contribution in [3.05, 3.63) is 101 Å². The van der Waals surface area contributed by atoms with E-state index in [-0.39, 0.29) is 28.6 Å². The summed E-state index contributed by atoms with van der Waals surface area (Å²) < 4.78 is 54.4. The fraction of sp³-hybridized carbons (Fsp3) is 0.160. The van der Waals surface area contributed by atoms with E-state index in [0.29, 0.717) is 0 Å². The first-order chi connectivity index (χ1) is 16.7. The number of amides is 2. The van der Waals surface area contributed by atoms with Crippen molar-refractivity contribution in [2.24, 2.45) is 0 Å². The lowest BCUT2D eigenvalue weighted by Gasteiger charge is -2.15. The second-order valence-electron chi connectivity index (χ2n) is 8.20. The van der Waals surface area contributed by atoms with Crippen molar-refractivity contribution in [3.8, 4) is 0 Å². The number of anilines is 1. The number of imidazole rings is 1. The molecule has 178 valence electrons. The van der Waals surface area contributed by atoms with Crippen molar-refractivity contribution in [3.63, 3.8) is 0 Å². The number of fused-ring (bicyclic) bond motifs is 2. The highest BCUT2D eigenvalue weighted by Crippen LogP contribution is 2.32. The van der Waals surface area contributed by atoms with Crippen molar-refractivity contribution in [1.29, 1.82) is 0 Å². The molecule has 5 rings (SSSR count). The molecule has 0 fully saturated rings. The molecule has 2 aromatic heterocycles. The van der Waals surface area contributed by atoms with Gasteiger partial charge in [-0.3, -0.25) is 14.0 Å². The van der Waals surface area contributed by atoms with E-state index in [1.54, 1.807) is 0 Å². The van der Waals surface area contributed by atoms with Gasteiger partial charge in [-0.05, 0) is 54.3 Å². The lowest BCUT2D eigenvalue weighted by Crippen LogP contribution is -2.27. The largest absolute Gasteiger partial charge is 0.416 e. The van der Waals surface area contributed by atoms with Gasteiger partial charge >= 0.3 is 6.18 Å². The Morgan fingerprint density at radius 1 is 1.03 bits per heavy atom. The molecule has 1 atom stereocenters. The quantitative estimate of drug-likeness (QED) is 0.395. The first-order valence-electron chi connectivity index (χ1n) is 10.7. The first kappa shape index (κ1) is 22.6. The van der Waals surface area contributed by atoms with Crippen molar-refractivity contribution in [2.75, 3.05) is 5.32 Å². The summed E-state index contributed by atoms with van der Waals surface area (Å²) in [5.41, 5.74) is 1.03. The molecule has 10 heteroatoms. The van der Waals surface area contributed by atoms with Crippen molar-refractivity contribution in [2.45, 2.75) is 25.1 Å². The fourth-order valence-electron chi connectivity index (χ4n) is 4.22.